The fourth-order valence-electron chi connectivity index (χ4n) is 2.11. The third kappa shape index (κ3) is 6.03. The molecule has 0 aromatic carbocycles. The molecule has 3 N–H and O–H groups in total. The van der Waals surface area contributed by atoms with Crippen molar-refractivity contribution < 1.29 is 14.0 Å². The molecule has 0 radical (unpaired) electrons. The lowest BCUT2D eigenvalue weighted by atomic mass is 9.78. The van der Waals surface area contributed by atoms with E-state index in [0.29, 0.717) is 6.42 Å². The summed E-state index contributed by atoms with van der Waals surface area (Å²) in [6.07, 6.45) is 0.564. The highest BCUT2D eigenvalue weighted by molar-refractivity contribution is 5.78. The molecule has 0 rings (SSSR count). The second kappa shape index (κ2) is 7.46. The predicted octanol–water partition coefficient (Wildman–Crippen LogP) is 2.17. The lowest BCUT2D eigenvalue weighted by Crippen LogP contribution is -2.53. The monoisotopic (exact) mass is 274 g/mol. The summed E-state index contributed by atoms with van der Waals surface area (Å²) in [6, 6.07) is -0.723. The standard InChI is InChI=1S/C14H27FN2O2/c1-6-7-8-10(13(16)19)11(15)12(14(3,4)5)17-9(2)18/h10-12H,6-8H2,1-5H3,(H2,16,19)(H,17,18). The second-order valence-corrected chi connectivity index (χ2v) is 6.14. The van der Waals surface area contributed by atoms with E-state index >= 15 is 0 Å². The predicted molar refractivity (Wildman–Crippen MR) is 74.2 cm³/mol. The summed E-state index contributed by atoms with van der Waals surface area (Å²) in [7, 11) is 0. The number of hydrogen-bond donors (Lipinski definition) is 2. The molecule has 0 saturated heterocycles. The largest absolute Gasteiger partial charge is 0.369 e. The Morgan fingerprint density at radius 2 is 1.84 bits per heavy atom. The third-order valence-corrected chi connectivity index (χ3v) is 3.23. The van der Waals surface area contributed by atoms with Gasteiger partial charge in [0.1, 0.15) is 6.17 Å². The van der Waals surface area contributed by atoms with Crippen LogP contribution in [0.3, 0.4) is 0 Å². The van der Waals surface area contributed by atoms with Crippen LogP contribution in [-0.2, 0) is 9.59 Å². The summed E-state index contributed by atoms with van der Waals surface area (Å²) >= 11 is 0. The Labute approximate surface area is 115 Å². The van der Waals surface area contributed by atoms with Crippen molar-refractivity contribution in [3.63, 3.8) is 0 Å². The molecule has 19 heavy (non-hydrogen) atoms. The fraction of sp³-hybridized carbons (Fsp3) is 0.857. The van der Waals surface area contributed by atoms with Crippen LogP contribution in [0.5, 0.6) is 0 Å². The molecule has 0 fully saturated rings. The first-order valence-corrected chi connectivity index (χ1v) is 6.81. The Bertz CT molecular complexity index is 313. The molecule has 3 atom stereocenters. The van der Waals surface area contributed by atoms with Crippen LogP contribution in [-0.4, -0.2) is 24.0 Å². The molecule has 4 nitrogen and oxygen atoms in total. The summed E-state index contributed by atoms with van der Waals surface area (Å²) < 4.78 is 14.6. The van der Waals surface area contributed by atoms with E-state index in [1.54, 1.807) is 0 Å². The number of nitrogens with two attached hydrogens (primary N) is 1. The molecule has 0 heterocycles. The van der Waals surface area contributed by atoms with Gasteiger partial charge in [0.05, 0.1) is 12.0 Å². The minimum Gasteiger partial charge on any atom is -0.369 e. The van der Waals surface area contributed by atoms with Crippen molar-refractivity contribution >= 4 is 11.8 Å². The van der Waals surface area contributed by atoms with Crippen molar-refractivity contribution in [3.05, 3.63) is 0 Å². The van der Waals surface area contributed by atoms with Gasteiger partial charge in [0.2, 0.25) is 11.8 Å². The van der Waals surface area contributed by atoms with Crippen LogP contribution in [0.2, 0.25) is 0 Å². The average Bonchev–Trinajstić information content (AvgIpc) is 2.23. The fourth-order valence-corrected chi connectivity index (χ4v) is 2.11. The highest BCUT2D eigenvalue weighted by Gasteiger charge is 2.39. The van der Waals surface area contributed by atoms with E-state index in [4.69, 9.17) is 5.73 Å². The van der Waals surface area contributed by atoms with E-state index in [2.05, 4.69) is 5.32 Å². The molecule has 112 valence electrons. The number of rotatable bonds is 7. The maximum absolute atomic E-state index is 14.6. The number of primary amides is 1. The van der Waals surface area contributed by atoms with Crippen LogP contribution in [0.25, 0.3) is 0 Å². The quantitative estimate of drug-likeness (QED) is 0.746. The van der Waals surface area contributed by atoms with Gasteiger partial charge in [0.15, 0.2) is 0 Å². The lowest BCUT2D eigenvalue weighted by molar-refractivity contribution is -0.127. The van der Waals surface area contributed by atoms with Crippen molar-refractivity contribution in [2.24, 2.45) is 17.1 Å². The molecular formula is C14H27FN2O2. The van der Waals surface area contributed by atoms with Gasteiger partial charge in [-0.15, -0.1) is 0 Å². The van der Waals surface area contributed by atoms with Gasteiger partial charge in [-0.05, 0) is 11.8 Å². The maximum atomic E-state index is 14.6. The van der Waals surface area contributed by atoms with E-state index in [0.717, 1.165) is 12.8 Å². The SMILES string of the molecule is CCCCC(C(N)=O)C(F)C(NC(C)=O)C(C)(C)C. The molecular weight excluding hydrogens is 247 g/mol. The first-order valence-electron chi connectivity index (χ1n) is 6.81. The molecule has 5 heteroatoms. The number of carbonyl (C=O) groups is 2. The van der Waals surface area contributed by atoms with Gasteiger partial charge >= 0.3 is 0 Å². The van der Waals surface area contributed by atoms with Gasteiger partial charge in [-0.3, -0.25) is 9.59 Å². The van der Waals surface area contributed by atoms with Crippen LogP contribution in [0.15, 0.2) is 0 Å². The molecule has 0 saturated carbocycles. The third-order valence-electron chi connectivity index (χ3n) is 3.23. The molecule has 0 aliphatic heterocycles. The summed E-state index contributed by atoms with van der Waals surface area (Å²) in [4.78, 5) is 22.7. The number of alkyl halides is 1. The number of unbranched alkanes of at least 4 members (excludes halogenated alkanes) is 1. The molecule has 2 amide bonds. The molecule has 0 aliphatic rings. The highest BCUT2D eigenvalue weighted by Crippen LogP contribution is 2.29. The van der Waals surface area contributed by atoms with Crippen molar-refractivity contribution in [2.45, 2.75) is 66.1 Å². The smallest absolute Gasteiger partial charge is 0.223 e. The van der Waals surface area contributed by atoms with Gasteiger partial charge in [0, 0.05) is 6.92 Å². The summed E-state index contributed by atoms with van der Waals surface area (Å²) in [5.74, 6) is -1.79. The zero-order valence-corrected chi connectivity index (χ0v) is 12.6. The Kier molecular flexibility index (Phi) is 7.01. The topological polar surface area (TPSA) is 72.2 Å². The van der Waals surface area contributed by atoms with E-state index in [1.807, 2.05) is 27.7 Å². The van der Waals surface area contributed by atoms with Crippen LogP contribution < -0.4 is 11.1 Å². The number of amides is 2. The molecule has 0 bridgehead atoms. The van der Waals surface area contributed by atoms with Crippen LogP contribution >= 0.6 is 0 Å². The van der Waals surface area contributed by atoms with Crippen molar-refractivity contribution in [1.29, 1.82) is 0 Å². The van der Waals surface area contributed by atoms with Crippen LogP contribution in [0, 0.1) is 11.3 Å². The minimum atomic E-state index is -1.46. The van der Waals surface area contributed by atoms with Crippen molar-refractivity contribution in [3.8, 4) is 0 Å². The summed E-state index contributed by atoms with van der Waals surface area (Å²) in [5.41, 5.74) is 4.82. The Morgan fingerprint density at radius 3 is 2.16 bits per heavy atom. The lowest BCUT2D eigenvalue weighted by Gasteiger charge is -2.36. The molecule has 3 unspecified atom stereocenters. The van der Waals surface area contributed by atoms with Gasteiger partial charge in [-0.1, -0.05) is 40.5 Å². The van der Waals surface area contributed by atoms with Crippen molar-refractivity contribution in [1.82, 2.24) is 5.32 Å². The number of nitrogens with one attached hydrogen (secondary N) is 1. The van der Waals surface area contributed by atoms with Crippen molar-refractivity contribution in [2.75, 3.05) is 0 Å². The van der Waals surface area contributed by atoms with Crippen LogP contribution in [0.4, 0.5) is 4.39 Å². The van der Waals surface area contributed by atoms with E-state index in [1.165, 1.54) is 6.92 Å². The Morgan fingerprint density at radius 1 is 1.32 bits per heavy atom. The maximum Gasteiger partial charge on any atom is 0.223 e. The van der Waals surface area contributed by atoms with Gasteiger partial charge in [-0.2, -0.15) is 0 Å². The molecule has 0 aliphatic carbocycles. The zero-order chi connectivity index (χ0) is 15.2. The number of hydrogen-bond acceptors (Lipinski definition) is 2. The second-order valence-electron chi connectivity index (χ2n) is 6.14. The van der Waals surface area contributed by atoms with E-state index in [9.17, 15) is 14.0 Å². The van der Waals surface area contributed by atoms with Crippen LogP contribution in [0.1, 0.15) is 53.9 Å². The summed E-state index contributed by atoms with van der Waals surface area (Å²) in [5, 5.41) is 2.61. The van der Waals surface area contributed by atoms with E-state index < -0.39 is 29.5 Å². The minimum absolute atomic E-state index is 0.304. The molecule has 0 spiro atoms. The van der Waals surface area contributed by atoms with Gasteiger partial charge in [-0.25, -0.2) is 4.39 Å². The van der Waals surface area contributed by atoms with E-state index in [-0.39, 0.29) is 5.91 Å². The van der Waals surface area contributed by atoms with Gasteiger partial charge < -0.3 is 11.1 Å². The zero-order valence-electron chi connectivity index (χ0n) is 12.6. The van der Waals surface area contributed by atoms with Gasteiger partial charge in [0.25, 0.3) is 0 Å². The molecule has 0 aromatic rings. The highest BCUT2D eigenvalue weighted by atomic mass is 19.1. The normalized spacial score (nSPS) is 16.5. The first kappa shape index (κ1) is 17.9. The Balaban J connectivity index is 5.06. The summed E-state index contributed by atoms with van der Waals surface area (Å²) in [6.45, 7) is 8.81. The number of halogens is 1. The number of carbonyl (C=O) groups excluding carboxylic acids is 2. The first-order chi connectivity index (χ1) is 8.61. The molecule has 0 aromatic heterocycles. The Hall–Kier alpha value is -1.13. The average molecular weight is 274 g/mol.